The molecule has 4 aromatic rings. The summed E-state index contributed by atoms with van der Waals surface area (Å²) in [6.07, 6.45) is 0. The van der Waals surface area contributed by atoms with Crippen LogP contribution in [0, 0.1) is 0 Å². The van der Waals surface area contributed by atoms with Gasteiger partial charge in [0.1, 0.15) is 24.7 Å². The van der Waals surface area contributed by atoms with Crippen LogP contribution in [0.3, 0.4) is 0 Å². The van der Waals surface area contributed by atoms with Crippen molar-refractivity contribution in [1.82, 2.24) is 10.2 Å². The Morgan fingerprint density at radius 3 is 2.62 bits per heavy atom. The van der Waals surface area contributed by atoms with Crippen LogP contribution in [0.25, 0.3) is 5.76 Å². The number of rotatable bonds is 6. The zero-order chi connectivity index (χ0) is 27.8. The van der Waals surface area contributed by atoms with Gasteiger partial charge in [-0.05, 0) is 47.5 Å². The summed E-state index contributed by atoms with van der Waals surface area (Å²) >= 11 is 8.80. The molecular weight excluding hydrogens is 574 g/mol. The van der Waals surface area contributed by atoms with Gasteiger partial charge >= 0.3 is 5.91 Å². The smallest absolute Gasteiger partial charge is 0.301 e. The summed E-state index contributed by atoms with van der Waals surface area (Å²) in [4.78, 5) is 28.1. The summed E-state index contributed by atoms with van der Waals surface area (Å²) in [7, 11) is 0. The van der Waals surface area contributed by atoms with E-state index >= 15 is 0 Å². The Balaban J connectivity index is 1.39. The molecule has 0 radical (unpaired) electrons. The average molecular weight is 594 g/mol. The number of carbonyl (C=O) groups is 2. The van der Waals surface area contributed by atoms with Gasteiger partial charge < -0.3 is 19.7 Å². The van der Waals surface area contributed by atoms with Gasteiger partial charge in [-0.25, -0.2) is 0 Å². The van der Waals surface area contributed by atoms with E-state index in [0.29, 0.717) is 45.4 Å². The minimum absolute atomic E-state index is 0.0596. The molecule has 3 heterocycles. The second-order valence-corrected chi connectivity index (χ2v) is 11.4. The van der Waals surface area contributed by atoms with E-state index in [-0.39, 0.29) is 27.8 Å². The SMILES string of the molecule is O=C1C(=O)N(c2nnc(SCc3ccccc3Cl)s2)C(c2cccc(O)c2)/C1=C(\O)c1ccc2c(c1)OCCO2. The maximum absolute atomic E-state index is 13.4. The van der Waals surface area contributed by atoms with Crippen molar-refractivity contribution in [1.29, 1.82) is 0 Å². The van der Waals surface area contributed by atoms with E-state index in [1.54, 1.807) is 36.4 Å². The van der Waals surface area contributed by atoms with Crippen molar-refractivity contribution in [3.63, 3.8) is 0 Å². The van der Waals surface area contributed by atoms with Gasteiger partial charge in [0.15, 0.2) is 15.8 Å². The number of thioether (sulfide) groups is 1. The first kappa shape index (κ1) is 26.2. The second-order valence-electron chi connectivity index (χ2n) is 8.85. The highest BCUT2D eigenvalue weighted by atomic mass is 35.5. The fraction of sp³-hybridized carbons (Fsp3) is 0.143. The number of halogens is 1. The molecule has 9 nitrogen and oxygen atoms in total. The number of amides is 1. The molecule has 0 aliphatic carbocycles. The van der Waals surface area contributed by atoms with Crippen molar-refractivity contribution in [3.8, 4) is 17.2 Å². The number of aliphatic hydroxyl groups excluding tert-OH is 1. The minimum atomic E-state index is -1.06. The molecular formula is C28H20ClN3O6S2. The lowest BCUT2D eigenvalue weighted by atomic mass is 9.95. The third-order valence-electron chi connectivity index (χ3n) is 6.36. The number of aliphatic hydroxyl groups is 1. The van der Waals surface area contributed by atoms with Crippen LogP contribution in [0.15, 0.2) is 76.6 Å². The van der Waals surface area contributed by atoms with Crippen molar-refractivity contribution in [2.45, 2.75) is 16.1 Å². The normalized spacial score (nSPS) is 17.8. The number of hydrogen-bond donors (Lipinski definition) is 2. The van der Waals surface area contributed by atoms with Gasteiger partial charge in [0, 0.05) is 16.3 Å². The van der Waals surface area contributed by atoms with Crippen LogP contribution in [0.1, 0.15) is 22.7 Å². The van der Waals surface area contributed by atoms with E-state index in [0.717, 1.165) is 16.9 Å². The summed E-state index contributed by atoms with van der Waals surface area (Å²) < 4.78 is 11.7. The molecule has 1 fully saturated rings. The van der Waals surface area contributed by atoms with E-state index in [1.165, 1.54) is 28.8 Å². The van der Waals surface area contributed by atoms with E-state index in [2.05, 4.69) is 10.2 Å². The summed E-state index contributed by atoms with van der Waals surface area (Å²) in [5.74, 6) is -0.731. The van der Waals surface area contributed by atoms with E-state index in [9.17, 15) is 19.8 Å². The van der Waals surface area contributed by atoms with Gasteiger partial charge in [-0.15, -0.1) is 10.2 Å². The van der Waals surface area contributed by atoms with Gasteiger partial charge in [0.25, 0.3) is 5.78 Å². The Labute approximate surface area is 241 Å². The highest BCUT2D eigenvalue weighted by molar-refractivity contribution is 8.00. The number of fused-ring (bicyclic) bond motifs is 1. The first-order valence-corrected chi connectivity index (χ1v) is 14.3. The van der Waals surface area contributed by atoms with Crippen LogP contribution in [0.2, 0.25) is 5.02 Å². The number of ether oxygens (including phenoxy) is 2. The van der Waals surface area contributed by atoms with Crippen molar-refractivity contribution >= 4 is 57.3 Å². The Kier molecular flexibility index (Phi) is 7.09. The fourth-order valence-corrected chi connectivity index (χ4v) is 6.65. The number of phenolic OH excluding ortho intramolecular Hbond substituents is 1. The first-order chi connectivity index (χ1) is 19.4. The quantitative estimate of drug-likeness (QED) is 0.0968. The highest BCUT2D eigenvalue weighted by Crippen LogP contribution is 2.45. The monoisotopic (exact) mass is 593 g/mol. The second kappa shape index (κ2) is 10.8. The maximum atomic E-state index is 13.4. The van der Waals surface area contributed by atoms with Crippen LogP contribution in [-0.2, 0) is 15.3 Å². The zero-order valence-electron chi connectivity index (χ0n) is 20.6. The molecule has 12 heteroatoms. The summed E-state index contributed by atoms with van der Waals surface area (Å²) in [5.41, 5.74) is 1.47. The maximum Gasteiger partial charge on any atom is 0.301 e. The number of nitrogens with zero attached hydrogens (tertiary/aromatic N) is 3. The van der Waals surface area contributed by atoms with Crippen LogP contribution in [0.5, 0.6) is 17.2 Å². The molecule has 3 aromatic carbocycles. The molecule has 6 rings (SSSR count). The predicted molar refractivity (Wildman–Crippen MR) is 151 cm³/mol. The summed E-state index contributed by atoms with van der Waals surface area (Å²) in [5, 5.41) is 30.8. The molecule has 40 heavy (non-hydrogen) atoms. The van der Waals surface area contributed by atoms with Crippen LogP contribution in [-0.4, -0.2) is 45.3 Å². The zero-order valence-corrected chi connectivity index (χ0v) is 23.0. The summed E-state index contributed by atoms with van der Waals surface area (Å²) in [6, 6.07) is 17.4. The molecule has 2 aliphatic heterocycles. The van der Waals surface area contributed by atoms with Crippen LogP contribution < -0.4 is 14.4 Å². The van der Waals surface area contributed by atoms with Crippen LogP contribution >= 0.6 is 34.7 Å². The van der Waals surface area contributed by atoms with Crippen molar-refractivity contribution < 1.29 is 29.3 Å². The van der Waals surface area contributed by atoms with Crippen molar-refractivity contribution in [2.75, 3.05) is 18.1 Å². The largest absolute Gasteiger partial charge is 0.508 e. The number of Topliss-reactive ketones (excluding diaryl/α,β-unsaturated/α-hetero) is 1. The molecule has 1 saturated heterocycles. The first-order valence-electron chi connectivity index (χ1n) is 12.1. The van der Waals surface area contributed by atoms with E-state index < -0.39 is 17.7 Å². The molecule has 1 unspecified atom stereocenters. The van der Waals surface area contributed by atoms with Gasteiger partial charge in [-0.2, -0.15) is 0 Å². The number of anilines is 1. The molecule has 1 aromatic heterocycles. The molecule has 2 aliphatic rings. The highest BCUT2D eigenvalue weighted by Gasteiger charge is 2.48. The number of carbonyl (C=O) groups excluding carboxylic acids is 2. The Bertz CT molecular complexity index is 1670. The minimum Gasteiger partial charge on any atom is -0.508 e. The molecule has 1 amide bonds. The number of hydrogen-bond acceptors (Lipinski definition) is 10. The molecule has 202 valence electrons. The molecule has 1 atom stereocenters. The third-order valence-corrected chi connectivity index (χ3v) is 8.83. The van der Waals surface area contributed by atoms with Crippen molar-refractivity contribution in [3.05, 3.63) is 94.0 Å². The topological polar surface area (TPSA) is 122 Å². The summed E-state index contributed by atoms with van der Waals surface area (Å²) in [6.45, 7) is 0.750. The number of aromatic nitrogens is 2. The molecule has 0 spiro atoms. The van der Waals surface area contributed by atoms with Gasteiger partial charge in [0.05, 0.1) is 11.6 Å². The number of aromatic hydroxyl groups is 1. The lowest BCUT2D eigenvalue weighted by Crippen LogP contribution is -2.29. The molecule has 0 bridgehead atoms. The lowest BCUT2D eigenvalue weighted by molar-refractivity contribution is -0.132. The van der Waals surface area contributed by atoms with Crippen molar-refractivity contribution in [2.24, 2.45) is 0 Å². The predicted octanol–water partition coefficient (Wildman–Crippen LogP) is 5.59. The van der Waals surface area contributed by atoms with Gasteiger partial charge in [-0.1, -0.05) is 65.0 Å². The Hall–Kier alpha value is -4.06. The number of benzene rings is 3. The Morgan fingerprint density at radius 2 is 1.82 bits per heavy atom. The van der Waals surface area contributed by atoms with Crippen LogP contribution in [0.4, 0.5) is 5.13 Å². The third kappa shape index (κ3) is 4.87. The Morgan fingerprint density at radius 1 is 1.02 bits per heavy atom. The number of ketones is 1. The molecule has 2 N–H and O–H groups in total. The fourth-order valence-electron chi connectivity index (χ4n) is 4.50. The van der Waals surface area contributed by atoms with E-state index in [1.807, 2.05) is 18.2 Å². The number of phenols is 1. The molecule has 0 saturated carbocycles. The van der Waals surface area contributed by atoms with Gasteiger partial charge in [0.2, 0.25) is 5.13 Å². The van der Waals surface area contributed by atoms with Gasteiger partial charge in [-0.3, -0.25) is 14.5 Å². The lowest BCUT2D eigenvalue weighted by Gasteiger charge is -2.23. The standard InChI is InChI=1S/C28H20ClN3O6S2/c29-19-7-2-1-4-17(19)14-39-28-31-30-27(40-28)32-23(15-5-3-6-18(33)12-15)22(25(35)26(32)36)24(34)16-8-9-20-21(13-16)38-11-10-37-20/h1-9,12-13,23,33-34H,10-11,14H2/b24-22+. The van der Waals surface area contributed by atoms with E-state index in [4.69, 9.17) is 21.1 Å². The average Bonchev–Trinajstić information content (AvgIpc) is 3.54.